The maximum Gasteiger partial charge on any atom is 0.236 e. The van der Waals surface area contributed by atoms with Gasteiger partial charge in [0.1, 0.15) is 5.75 Å². The van der Waals surface area contributed by atoms with Gasteiger partial charge in [0.15, 0.2) is 5.75 Å². The maximum atomic E-state index is 12.4. The van der Waals surface area contributed by atoms with Gasteiger partial charge in [0, 0.05) is 18.1 Å². The molecule has 0 bridgehead atoms. The van der Waals surface area contributed by atoms with Crippen molar-refractivity contribution in [3.05, 3.63) is 54.6 Å². The van der Waals surface area contributed by atoms with Crippen LogP contribution in [0.15, 0.2) is 54.6 Å². The molecule has 1 aliphatic heterocycles. The number of benzene rings is 2. The van der Waals surface area contributed by atoms with Crippen LogP contribution in [0, 0.1) is 0 Å². The van der Waals surface area contributed by atoms with Gasteiger partial charge in [-0.15, -0.1) is 0 Å². The quantitative estimate of drug-likeness (QED) is 0.760. The number of sulfonamides is 1. The molecule has 0 spiro atoms. The van der Waals surface area contributed by atoms with E-state index in [-0.39, 0.29) is 11.0 Å². The van der Waals surface area contributed by atoms with Crippen molar-refractivity contribution >= 4 is 27.5 Å². The largest absolute Gasteiger partial charge is 0.455 e. The first-order chi connectivity index (χ1) is 10.6. The average Bonchev–Trinajstić information content (AvgIpc) is 3.31. The van der Waals surface area contributed by atoms with E-state index in [1.165, 1.54) is 4.31 Å². The number of rotatable bonds is 6. The number of thioether (sulfide) groups is 1. The zero-order chi connectivity index (χ0) is 15.6. The van der Waals surface area contributed by atoms with Crippen LogP contribution in [0.5, 0.6) is 11.5 Å². The van der Waals surface area contributed by atoms with Gasteiger partial charge in [-0.3, -0.25) is 4.31 Å². The SMILES string of the molecule is CN(c1ccccc1Oc1ccccc1)S(=O)(=O)CC1CS1. The minimum absolute atomic E-state index is 0.174. The Bertz CT molecular complexity index is 743. The first kappa shape index (κ1) is 15.2. The van der Waals surface area contributed by atoms with Crippen LogP contribution in [-0.4, -0.2) is 32.2 Å². The Morgan fingerprint density at radius 2 is 1.77 bits per heavy atom. The lowest BCUT2D eigenvalue weighted by molar-refractivity contribution is 0.483. The predicted octanol–water partition coefficient (Wildman–Crippen LogP) is 3.36. The molecule has 6 heteroatoms. The smallest absolute Gasteiger partial charge is 0.236 e. The minimum atomic E-state index is -3.33. The first-order valence-electron chi connectivity index (χ1n) is 6.96. The van der Waals surface area contributed by atoms with Gasteiger partial charge in [-0.25, -0.2) is 8.42 Å². The fourth-order valence-corrected chi connectivity index (χ4v) is 4.65. The number of hydrogen-bond donors (Lipinski definition) is 0. The van der Waals surface area contributed by atoms with Gasteiger partial charge in [-0.05, 0) is 24.3 Å². The number of hydrogen-bond acceptors (Lipinski definition) is 4. The van der Waals surface area contributed by atoms with Crippen LogP contribution in [0.25, 0.3) is 0 Å². The van der Waals surface area contributed by atoms with E-state index in [9.17, 15) is 8.42 Å². The Labute approximate surface area is 135 Å². The van der Waals surface area contributed by atoms with E-state index in [1.54, 1.807) is 30.9 Å². The van der Waals surface area contributed by atoms with Crippen molar-refractivity contribution in [2.75, 3.05) is 22.9 Å². The van der Waals surface area contributed by atoms with Gasteiger partial charge in [-0.2, -0.15) is 11.8 Å². The average molecular weight is 335 g/mol. The van der Waals surface area contributed by atoms with E-state index in [0.29, 0.717) is 17.2 Å². The highest BCUT2D eigenvalue weighted by Crippen LogP contribution is 2.36. The van der Waals surface area contributed by atoms with E-state index < -0.39 is 10.0 Å². The molecular weight excluding hydrogens is 318 g/mol. The molecule has 0 radical (unpaired) electrons. The zero-order valence-electron chi connectivity index (χ0n) is 12.2. The summed E-state index contributed by atoms with van der Waals surface area (Å²) in [5.74, 6) is 2.31. The van der Waals surface area contributed by atoms with Crippen molar-refractivity contribution in [1.29, 1.82) is 0 Å². The van der Waals surface area contributed by atoms with Crippen LogP contribution in [0.1, 0.15) is 0 Å². The summed E-state index contributed by atoms with van der Waals surface area (Å²) in [5, 5.41) is 0.231. The van der Waals surface area contributed by atoms with Crippen molar-refractivity contribution in [3.63, 3.8) is 0 Å². The molecule has 1 fully saturated rings. The summed E-state index contributed by atoms with van der Waals surface area (Å²) in [6, 6.07) is 16.5. The van der Waals surface area contributed by atoms with Crippen LogP contribution in [0.4, 0.5) is 5.69 Å². The maximum absolute atomic E-state index is 12.4. The number of ether oxygens (including phenoxy) is 1. The van der Waals surface area contributed by atoms with E-state index in [1.807, 2.05) is 42.5 Å². The molecule has 2 aromatic rings. The van der Waals surface area contributed by atoms with E-state index in [4.69, 9.17) is 4.74 Å². The van der Waals surface area contributed by atoms with Crippen LogP contribution in [-0.2, 0) is 10.0 Å². The van der Waals surface area contributed by atoms with E-state index >= 15 is 0 Å². The van der Waals surface area contributed by atoms with Gasteiger partial charge >= 0.3 is 0 Å². The molecule has 1 heterocycles. The minimum Gasteiger partial charge on any atom is -0.455 e. The molecule has 0 saturated carbocycles. The summed E-state index contributed by atoms with van der Waals surface area (Å²) >= 11 is 1.68. The van der Waals surface area contributed by atoms with E-state index in [0.717, 1.165) is 5.75 Å². The van der Waals surface area contributed by atoms with Crippen molar-refractivity contribution < 1.29 is 13.2 Å². The second-order valence-electron chi connectivity index (χ2n) is 5.08. The second-order valence-corrected chi connectivity index (χ2v) is 8.46. The molecule has 4 nitrogen and oxygen atoms in total. The highest BCUT2D eigenvalue weighted by atomic mass is 32.2. The van der Waals surface area contributed by atoms with Crippen molar-refractivity contribution in [1.82, 2.24) is 0 Å². The number of para-hydroxylation sites is 3. The van der Waals surface area contributed by atoms with Gasteiger partial charge in [0.05, 0.1) is 11.4 Å². The third kappa shape index (κ3) is 3.56. The van der Waals surface area contributed by atoms with Crippen molar-refractivity contribution in [2.24, 2.45) is 0 Å². The fourth-order valence-electron chi connectivity index (χ4n) is 2.08. The Hall–Kier alpha value is -1.66. The van der Waals surface area contributed by atoms with Gasteiger partial charge in [-0.1, -0.05) is 30.3 Å². The molecule has 0 N–H and O–H groups in total. The standard InChI is InChI=1S/C16H17NO3S2/c1-17(22(18,19)12-14-11-21-14)15-9-5-6-10-16(15)20-13-7-3-2-4-8-13/h2-10,14H,11-12H2,1H3. The van der Waals surface area contributed by atoms with Gasteiger partial charge < -0.3 is 4.74 Å². The van der Waals surface area contributed by atoms with Crippen LogP contribution < -0.4 is 9.04 Å². The van der Waals surface area contributed by atoms with E-state index in [2.05, 4.69) is 0 Å². The molecular formula is C16H17NO3S2. The molecule has 0 aliphatic carbocycles. The monoisotopic (exact) mass is 335 g/mol. The molecule has 1 unspecified atom stereocenters. The number of nitrogens with zero attached hydrogens (tertiary/aromatic N) is 1. The lowest BCUT2D eigenvalue weighted by Crippen LogP contribution is -2.31. The Kier molecular flexibility index (Phi) is 4.31. The molecule has 1 atom stereocenters. The molecule has 2 aromatic carbocycles. The molecule has 1 saturated heterocycles. The first-order valence-corrected chi connectivity index (χ1v) is 9.62. The third-order valence-electron chi connectivity index (χ3n) is 3.39. The summed E-state index contributed by atoms with van der Waals surface area (Å²) in [6.07, 6.45) is 0. The molecule has 0 amide bonds. The van der Waals surface area contributed by atoms with Crippen molar-refractivity contribution in [2.45, 2.75) is 5.25 Å². The molecule has 0 aromatic heterocycles. The Balaban J connectivity index is 1.87. The lowest BCUT2D eigenvalue weighted by Gasteiger charge is -2.22. The zero-order valence-corrected chi connectivity index (χ0v) is 13.8. The molecule has 1 aliphatic rings. The summed E-state index contributed by atoms with van der Waals surface area (Å²) in [6.45, 7) is 0. The topological polar surface area (TPSA) is 46.6 Å². The van der Waals surface area contributed by atoms with Gasteiger partial charge in [0.2, 0.25) is 10.0 Å². The molecule has 116 valence electrons. The highest BCUT2D eigenvalue weighted by Gasteiger charge is 2.32. The van der Waals surface area contributed by atoms with Gasteiger partial charge in [0.25, 0.3) is 0 Å². The summed E-state index contributed by atoms with van der Waals surface area (Å²) in [7, 11) is -1.75. The Morgan fingerprint density at radius 1 is 1.14 bits per heavy atom. The number of anilines is 1. The highest BCUT2D eigenvalue weighted by molar-refractivity contribution is 8.08. The van der Waals surface area contributed by atoms with Crippen LogP contribution >= 0.6 is 11.8 Å². The lowest BCUT2D eigenvalue weighted by atomic mass is 10.3. The molecule has 3 rings (SSSR count). The summed E-state index contributed by atoms with van der Waals surface area (Å²) < 4.78 is 32.0. The second kappa shape index (κ2) is 6.22. The van der Waals surface area contributed by atoms with Crippen LogP contribution in [0.3, 0.4) is 0 Å². The summed E-state index contributed by atoms with van der Waals surface area (Å²) in [4.78, 5) is 0. The third-order valence-corrected chi connectivity index (χ3v) is 6.43. The Morgan fingerprint density at radius 3 is 2.45 bits per heavy atom. The van der Waals surface area contributed by atoms with Crippen LogP contribution in [0.2, 0.25) is 0 Å². The normalized spacial score (nSPS) is 17.0. The fraction of sp³-hybridized carbons (Fsp3) is 0.250. The molecule has 22 heavy (non-hydrogen) atoms. The summed E-state index contributed by atoms with van der Waals surface area (Å²) in [5.41, 5.74) is 0.553. The van der Waals surface area contributed by atoms with Crippen molar-refractivity contribution in [3.8, 4) is 11.5 Å². The predicted molar refractivity (Wildman–Crippen MR) is 91.4 cm³/mol.